The number of nitrogens with zero attached hydrogens (tertiary/aromatic N) is 3. The topological polar surface area (TPSA) is 51.8 Å². The van der Waals surface area contributed by atoms with Gasteiger partial charge in [-0.15, -0.1) is 0 Å². The van der Waals surface area contributed by atoms with Gasteiger partial charge in [-0.25, -0.2) is 15.0 Å². The molecule has 2 aliphatic carbocycles. The van der Waals surface area contributed by atoms with Gasteiger partial charge in [0.25, 0.3) is 0 Å². The van der Waals surface area contributed by atoms with Crippen LogP contribution < -0.4 is 0 Å². The molecule has 0 radical (unpaired) electrons. The summed E-state index contributed by atoms with van der Waals surface area (Å²) in [5.74, 6) is 1.94. The zero-order valence-corrected chi connectivity index (χ0v) is 26.8. The minimum atomic E-state index is -0.543. The highest BCUT2D eigenvalue weighted by Gasteiger charge is 2.52. The van der Waals surface area contributed by atoms with Crippen LogP contribution in [0.3, 0.4) is 0 Å². The summed E-state index contributed by atoms with van der Waals surface area (Å²) in [6.45, 7) is 0. The van der Waals surface area contributed by atoms with Crippen LogP contribution in [0.5, 0.6) is 0 Å². The Labute approximate surface area is 288 Å². The average molecular weight is 638 g/mol. The fourth-order valence-electron chi connectivity index (χ4n) is 8.48. The first-order valence-electron chi connectivity index (χ1n) is 17.0. The van der Waals surface area contributed by atoms with Gasteiger partial charge in [-0.1, -0.05) is 152 Å². The number of benzene rings is 7. The third-order valence-corrected chi connectivity index (χ3v) is 10.6. The van der Waals surface area contributed by atoms with Crippen LogP contribution in [0.15, 0.2) is 168 Å². The maximum atomic E-state index is 6.71. The van der Waals surface area contributed by atoms with Gasteiger partial charge in [0.15, 0.2) is 17.5 Å². The molecule has 50 heavy (non-hydrogen) atoms. The number of aromatic nitrogens is 3. The van der Waals surface area contributed by atoms with E-state index in [9.17, 15) is 0 Å². The largest absolute Gasteiger partial charge is 0.455 e. The zero-order chi connectivity index (χ0) is 32.8. The van der Waals surface area contributed by atoms with E-state index in [1.54, 1.807) is 0 Å². The molecule has 1 spiro atoms. The summed E-state index contributed by atoms with van der Waals surface area (Å²) in [4.78, 5) is 15.2. The van der Waals surface area contributed by atoms with Crippen molar-refractivity contribution in [2.45, 2.75) is 5.41 Å². The summed E-state index contributed by atoms with van der Waals surface area (Å²) in [5, 5.41) is 2.27. The minimum absolute atomic E-state index is 0.543. The standard InChI is InChI=1S/C46H27N3O/c1-3-13-28(14-4-1)43-47-44(29-15-5-2-6-16-29)49-45(48-43)30-23-24-32-31-17-7-10-20-36(31)46(39(32)27-30)37-21-11-8-19-35(37)41-38(46)26-25-34-33-18-9-12-22-40(33)50-42(34)41/h1-27H. The van der Waals surface area contributed by atoms with E-state index in [1.165, 1.54) is 44.5 Å². The summed E-state index contributed by atoms with van der Waals surface area (Å²) >= 11 is 0. The highest BCUT2D eigenvalue weighted by Crippen LogP contribution is 2.64. The van der Waals surface area contributed by atoms with Gasteiger partial charge in [-0.3, -0.25) is 0 Å². The number of hydrogen-bond donors (Lipinski definition) is 0. The molecule has 0 saturated heterocycles. The minimum Gasteiger partial charge on any atom is -0.455 e. The van der Waals surface area contributed by atoms with E-state index in [-0.39, 0.29) is 0 Å². The molecule has 0 N–H and O–H groups in total. The van der Waals surface area contributed by atoms with Gasteiger partial charge >= 0.3 is 0 Å². The molecule has 4 nitrogen and oxygen atoms in total. The van der Waals surface area contributed by atoms with Crippen LogP contribution in [0, 0.1) is 0 Å². The molecule has 232 valence electrons. The Hall–Kier alpha value is -6.65. The molecular weight excluding hydrogens is 611 g/mol. The van der Waals surface area contributed by atoms with Gasteiger partial charge < -0.3 is 4.42 Å². The number of hydrogen-bond acceptors (Lipinski definition) is 4. The van der Waals surface area contributed by atoms with Gasteiger partial charge in [0.1, 0.15) is 11.2 Å². The lowest BCUT2D eigenvalue weighted by molar-refractivity contribution is 0.669. The molecule has 0 aliphatic heterocycles. The first-order chi connectivity index (χ1) is 24.8. The molecule has 1 atom stereocenters. The highest BCUT2D eigenvalue weighted by molar-refractivity contribution is 6.13. The van der Waals surface area contributed by atoms with Gasteiger partial charge in [0.2, 0.25) is 0 Å². The highest BCUT2D eigenvalue weighted by atomic mass is 16.3. The van der Waals surface area contributed by atoms with E-state index < -0.39 is 5.41 Å². The quantitative estimate of drug-likeness (QED) is 0.193. The van der Waals surface area contributed by atoms with Crippen LogP contribution >= 0.6 is 0 Å². The Kier molecular flexibility index (Phi) is 5.56. The molecule has 2 aromatic heterocycles. The van der Waals surface area contributed by atoms with Gasteiger partial charge in [0, 0.05) is 33.0 Å². The summed E-state index contributed by atoms with van der Waals surface area (Å²) in [6, 6.07) is 57.7. The molecule has 9 aromatic rings. The van der Waals surface area contributed by atoms with Crippen molar-refractivity contribution < 1.29 is 4.42 Å². The van der Waals surface area contributed by atoms with E-state index in [1.807, 2.05) is 66.7 Å². The SMILES string of the molecule is c1ccc(-c2nc(-c3ccccc3)nc(-c3ccc4c(c3)C3(c5ccccc5-4)c4ccccc4-c4c3ccc3c4oc4ccccc43)n2)cc1. The second-order valence-electron chi connectivity index (χ2n) is 13.1. The van der Waals surface area contributed by atoms with E-state index in [0.29, 0.717) is 17.5 Å². The van der Waals surface area contributed by atoms with Crippen molar-refractivity contribution in [1.29, 1.82) is 0 Å². The maximum absolute atomic E-state index is 6.71. The predicted octanol–water partition coefficient (Wildman–Crippen LogP) is 11.1. The normalized spacial score (nSPS) is 15.3. The van der Waals surface area contributed by atoms with Crippen molar-refractivity contribution in [3.63, 3.8) is 0 Å². The van der Waals surface area contributed by atoms with Crippen LogP contribution in [0.2, 0.25) is 0 Å². The Morgan fingerprint density at radius 1 is 0.380 bits per heavy atom. The van der Waals surface area contributed by atoms with Crippen molar-refractivity contribution in [2.24, 2.45) is 0 Å². The molecule has 1 unspecified atom stereocenters. The molecule has 7 aromatic carbocycles. The molecule has 2 heterocycles. The lowest BCUT2D eigenvalue weighted by Gasteiger charge is -2.30. The van der Waals surface area contributed by atoms with Crippen molar-refractivity contribution in [1.82, 2.24) is 15.0 Å². The van der Waals surface area contributed by atoms with Crippen LogP contribution in [0.25, 0.3) is 78.4 Å². The zero-order valence-electron chi connectivity index (χ0n) is 26.8. The summed E-state index contributed by atoms with van der Waals surface area (Å²) in [7, 11) is 0. The Bertz CT molecular complexity index is 2760. The van der Waals surface area contributed by atoms with E-state index in [4.69, 9.17) is 19.4 Å². The Balaban J connectivity index is 1.21. The summed E-state index contributed by atoms with van der Waals surface area (Å²) in [6.07, 6.45) is 0. The molecular formula is C46H27N3O. The first-order valence-corrected chi connectivity index (χ1v) is 17.0. The van der Waals surface area contributed by atoms with Crippen molar-refractivity contribution in [2.75, 3.05) is 0 Å². The lowest BCUT2D eigenvalue weighted by atomic mass is 9.70. The monoisotopic (exact) mass is 637 g/mol. The number of furan rings is 1. The molecule has 0 amide bonds. The van der Waals surface area contributed by atoms with Crippen LogP contribution in [-0.2, 0) is 5.41 Å². The third kappa shape index (κ3) is 3.62. The summed E-state index contributed by atoms with van der Waals surface area (Å²) < 4.78 is 6.71. The fraction of sp³-hybridized carbons (Fsp3) is 0.0217. The maximum Gasteiger partial charge on any atom is 0.164 e. The smallest absolute Gasteiger partial charge is 0.164 e. The van der Waals surface area contributed by atoms with E-state index >= 15 is 0 Å². The van der Waals surface area contributed by atoms with Gasteiger partial charge in [-0.2, -0.15) is 0 Å². The molecule has 0 fully saturated rings. The lowest BCUT2D eigenvalue weighted by Crippen LogP contribution is -2.25. The fourth-order valence-corrected chi connectivity index (χ4v) is 8.48. The van der Waals surface area contributed by atoms with Crippen LogP contribution in [0.1, 0.15) is 22.3 Å². The van der Waals surface area contributed by atoms with Crippen molar-refractivity contribution in [3.8, 4) is 56.4 Å². The van der Waals surface area contributed by atoms with E-state index in [2.05, 4.69) is 97.1 Å². The number of fused-ring (bicyclic) bond motifs is 14. The molecule has 0 bridgehead atoms. The van der Waals surface area contributed by atoms with Gasteiger partial charge in [0.05, 0.1) is 5.41 Å². The van der Waals surface area contributed by atoms with Crippen LogP contribution in [-0.4, -0.2) is 15.0 Å². The van der Waals surface area contributed by atoms with Crippen molar-refractivity contribution >= 4 is 21.9 Å². The second-order valence-corrected chi connectivity index (χ2v) is 13.1. The molecule has 4 heteroatoms. The Morgan fingerprint density at radius 3 is 1.66 bits per heavy atom. The number of rotatable bonds is 3. The molecule has 11 rings (SSSR count). The third-order valence-electron chi connectivity index (χ3n) is 10.6. The number of para-hydroxylation sites is 1. The Morgan fingerprint density at radius 2 is 0.940 bits per heavy atom. The van der Waals surface area contributed by atoms with E-state index in [0.717, 1.165) is 38.6 Å². The van der Waals surface area contributed by atoms with Gasteiger partial charge in [-0.05, 0) is 51.1 Å². The molecule has 0 saturated carbocycles. The van der Waals surface area contributed by atoms with Crippen LogP contribution in [0.4, 0.5) is 0 Å². The predicted molar refractivity (Wildman–Crippen MR) is 200 cm³/mol. The molecule has 2 aliphatic rings. The first kappa shape index (κ1) is 27.3. The van der Waals surface area contributed by atoms with Crippen molar-refractivity contribution in [3.05, 3.63) is 186 Å². The summed E-state index contributed by atoms with van der Waals surface area (Å²) in [5.41, 5.74) is 14.0. The second kappa shape index (κ2) is 10.2. The average Bonchev–Trinajstić information content (AvgIpc) is 3.82.